The van der Waals surface area contributed by atoms with Crippen LogP contribution in [-0.2, 0) is 4.79 Å². The molecule has 1 aliphatic heterocycles. The largest absolute Gasteiger partial charge is 0.497 e. The number of amides is 1. The lowest BCUT2D eigenvalue weighted by Gasteiger charge is -2.33. The van der Waals surface area contributed by atoms with Crippen LogP contribution in [0.5, 0.6) is 11.5 Å². The highest BCUT2D eigenvalue weighted by atomic mass is 32.1. The van der Waals surface area contributed by atoms with Gasteiger partial charge >= 0.3 is 0 Å². The Bertz CT molecular complexity index is 699. The summed E-state index contributed by atoms with van der Waals surface area (Å²) < 4.78 is 10.8. The number of benzene rings is 1. The van der Waals surface area contributed by atoms with Crippen molar-refractivity contribution in [2.75, 3.05) is 27.3 Å². The molecule has 1 aromatic carbocycles. The molecular weight excluding hydrogens is 338 g/mol. The lowest BCUT2D eigenvalue weighted by molar-refractivity contribution is -0.127. The molecule has 0 bridgehead atoms. The second-order valence-corrected chi connectivity index (χ2v) is 6.06. The van der Waals surface area contributed by atoms with Gasteiger partial charge in [0.15, 0.2) is 5.11 Å². The van der Waals surface area contributed by atoms with Gasteiger partial charge < -0.3 is 25.0 Å². The zero-order valence-electron chi connectivity index (χ0n) is 15.3. The molecule has 0 unspecified atom stereocenters. The van der Waals surface area contributed by atoms with Crippen molar-refractivity contribution in [2.45, 2.75) is 26.8 Å². The SMILES string of the molecule is CCN(CC)C(=O)C1=C(C)NC(=S)N[C@@H]1c1cc(OC)ccc1OC. The van der Waals surface area contributed by atoms with Crippen molar-refractivity contribution >= 4 is 23.2 Å². The van der Waals surface area contributed by atoms with E-state index in [1.54, 1.807) is 19.1 Å². The molecule has 0 fully saturated rings. The standard InChI is InChI=1S/C18H25N3O3S/c1-6-21(7-2)17(22)15-11(3)19-18(25)20-16(15)13-10-12(23-4)8-9-14(13)24-5/h8-10,16H,6-7H2,1-5H3,(H2,19,20,25)/t16-/m1/s1. The third kappa shape index (κ3) is 3.87. The summed E-state index contributed by atoms with van der Waals surface area (Å²) >= 11 is 5.31. The molecule has 0 aromatic heterocycles. The summed E-state index contributed by atoms with van der Waals surface area (Å²) in [6, 6.07) is 5.11. The van der Waals surface area contributed by atoms with Crippen LogP contribution in [-0.4, -0.2) is 43.2 Å². The first-order valence-electron chi connectivity index (χ1n) is 8.26. The number of carbonyl (C=O) groups excluding carboxylic acids is 1. The fraction of sp³-hybridized carbons (Fsp3) is 0.444. The van der Waals surface area contributed by atoms with Crippen molar-refractivity contribution in [3.63, 3.8) is 0 Å². The van der Waals surface area contributed by atoms with E-state index in [-0.39, 0.29) is 5.91 Å². The molecule has 1 amide bonds. The van der Waals surface area contributed by atoms with E-state index in [0.29, 0.717) is 35.3 Å². The van der Waals surface area contributed by atoms with Crippen molar-refractivity contribution in [2.24, 2.45) is 0 Å². The van der Waals surface area contributed by atoms with Gasteiger partial charge in [-0.15, -0.1) is 0 Å². The van der Waals surface area contributed by atoms with Crippen LogP contribution < -0.4 is 20.1 Å². The van der Waals surface area contributed by atoms with Crippen LogP contribution in [0, 0.1) is 0 Å². The van der Waals surface area contributed by atoms with E-state index < -0.39 is 6.04 Å². The fourth-order valence-corrected chi connectivity index (χ4v) is 3.23. The highest BCUT2D eigenvalue weighted by Crippen LogP contribution is 2.36. The zero-order valence-corrected chi connectivity index (χ0v) is 16.1. The van der Waals surface area contributed by atoms with Gasteiger partial charge in [0.1, 0.15) is 11.5 Å². The molecule has 0 spiro atoms. The van der Waals surface area contributed by atoms with Gasteiger partial charge in [0.05, 0.1) is 25.8 Å². The van der Waals surface area contributed by atoms with Crippen LogP contribution >= 0.6 is 12.2 Å². The molecular formula is C18H25N3O3S. The maximum Gasteiger partial charge on any atom is 0.253 e. The van der Waals surface area contributed by atoms with Gasteiger partial charge in [-0.2, -0.15) is 0 Å². The molecule has 0 radical (unpaired) electrons. The molecule has 0 saturated carbocycles. The van der Waals surface area contributed by atoms with E-state index in [0.717, 1.165) is 11.3 Å². The number of carbonyl (C=O) groups is 1. The van der Waals surface area contributed by atoms with E-state index in [1.165, 1.54) is 0 Å². The minimum atomic E-state index is -0.410. The normalized spacial score (nSPS) is 16.8. The summed E-state index contributed by atoms with van der Waals surface area (Å²) in [6.45, 7) is 7.07. The number of hydrogen-bond donors (Lipinski definition) is 2. The van der Waals surface area contributed by atoms with Crippen LogP contribution in [0.3, 0.4) is 0 Å². The van der Waals surface area contributed by atoms with E-state index in [9.17, 15) is 4.79 Å². The number of hydrogen-bond acceptors (Lipinski definition) is 4. The van der Waals surface area contributed by atoms with Crippen LogP contribution in [0.4, 0.5) is 0 Å². The van der Waals surface area contributed by atoms with E-state index in [1.807, 2.05) is 39.0 Å². The number of ether oxygens (including phenoxy) is 2. The zero-order chi connectivity index (χ0) is 18.6. The number of rotatable bonds is 6. The average Bonchev–Trinajstić information content (AvgIpc) is 2.61. The predicted octanol–water partition coefficient (Wildman–Crippen LogP) is 2.37. The Labute approximate surface area is 154 Å². The van der Waals surface area contributed by atoms with Gasteiger partial charge in [0.2, 0.25) is 0 Å². The van der Waals surface area contributed by atoms with Gasteiger partial charge in [-0.05, 0) is 51.2 Å². The summed E-state index contributed by atoms with van der Waals surface area (Å²) in [5.74, 6) is 1.33. The summed E-state index contributed by atoms with van der Waals surface area (Å²) in [5.41, 5.74) is 2.18. The van der Waals surface area contributed by atoms with Gasteiger partial charge in [-0.1, -0.05) is 0 Å². The fourth-order valence-electron chi connectivity index (χ4n) is 2.96. The Kier molecular flexibility index (Phi) is 6.25. The smallest absolute Gasteiger partial charge is 0.253 e. The Balaban J connectivity index is 2.58. The minimum Gasteiger partial charge on any atom is -0.497 e. The van der Waals surface area contributed by atoms with Gasteiger partial charge in [-0.25, -0.2) is 0 Å². The highest BCUT2D eigenvalue weighted by Gasteiger charge is 2.33. The maximum atomic E-state index is 13.1. The molecule has 7 heteroatoms. The Morgan fingerprint density at radius 2 is 1.92 bits per heavy atom. The van der Waals surface area contributed by atoms with Gasteiger partial charge in [0, 0.05) is 24.4 Å². The number of thiocarbonyl (C=S) groups is 1. The number of likely N-dealkylation sites (N-methyl/N-ethyl adjacent to an activating group) is 1. The lowest BCUT2D eigenvalue weighted by atomic mass is 9.93. The highest BCUT2D eigenvalue weighted by molar-refractivity contribution is 7.80. The maximum absolute atomic E-state index is 13.1. The molecule has 0 aliphatic carbocycles. The third-order valence-electron chi connectivity index (χ3n) is 4.30. The van der Waals surface area contributed by atoms with Crippen LogP contribution in [0.25, 0.3) is 0 Å². The molecule has 1 aromatic rings. The summed E-state index contributed by atoms with van der Waals surface area (Å²) in [5, 5.41) is 6.74. The van der Waals surface area contributed by atoms with E-state index >= 15 is 0 Å². The van der Waals surface area contributed by atoms with Crippen LogP contribution in [0.2, 0.25) is 0 Å². The van der Waals surface area contributed by atoms with Crippen molar-refractivity contribution in [3.8, 4) is 11.5 Å². The van der Waals surface area contributed by atoms with Crippen molar-refractivity contribution in [1.82, 2.24) is 15.5 Å². The molecule has 1 heterocycles. The Morgan fingerprint density at radius 3 is 2.48 bits per heavy atom. The third-order valence-corrected chi connectivity index (χ3v) is 4.52. The molecule has 0 saturated heterocycles. The molecule has 136 valence electrons. The van der Waals surface area contributed by atoms with Gasteiger partial charge in [0.25, 0.3) is 5.91 Å². The topological polar surface area (TPSA) is 62.8 Å². The van der Waals surface area contributed by atoms with Crippen molar-refractivity contribution in [3.05, 3.63) is 35.0 Å². The number of allylic oxidation sites excluding steroid dienone is 1. The second-order valence-electron chi connectivity index (χ2n) is 5.66. The Hall–Kier alpha value is -2.28. The van der Waals surface area contributed by atoms with Crippen molar-refractivity contribution in [1.29, 1.82) is 0 Å². The molecule has 6 nitrogen and oxygen atoms in total. The van der Waals surface area contributed by atoms with Crippen LogP contribution in [0.1, 0.15) is 32.4 Å². The Morgan fingerprint density at radius 1 is 1.24 bits per heavy atom. The predicted molar refractivity (Wildman–Crippen MR) is 102 cm³/mol. The quantitative estimate of drug-likeness (QED) is 0.757. The first-order valence-corrected chi connectivity index (χ1v) is 8.67. The van der Waals surface area contributed by atoms with Crippen LogP contribution in [0.15, 0.2) is 29.5 Å². The summed E-state index contributed by atoms with van der Waals surface area (Å²) in [7, 11) is 3.21. The molecule has 1 aliphatic rings. The first-order chi connectivity index (χ1) is 12.0. The molecule has 2 rings (SSSR count). The van der Waals surface area contributed by atoms with E-state index in [2.05, 4.69) is 10.6 Å². The lowest BCUT2D eigenvalue weighted by Crippen LogP contribution is -2.47. The van der Waals surface area contributed by atoms with Crippen molar-refractivity contribution < 1.29 is 14.3 Å². The first kappa shape index (κ1) is 19.1. The monoisotopic (exact) mass is 363 g/mol. The summed E-state index contributed by atoms with van der Waals surface area (Å²) in [6.07, 6.45) is 0. The number of nitrogens with zero attached hydrogens (tertiary/aromatic N) is 1. The molecule has 2 N–H and O–H groups in total. The second kappa shape index (κ2) is 8.20. The minimum absolute atomic E-state index is 0.0279. The average molecular weight is 363 g/mol. The van der Waals surface area contributed by atoms with Gasteiger partial charge in [-0.3, -0.25) is 4.79 Å². The van der Waals surface area contributed by atoms with E-state index in [4.69, 9.17) is 21.7 Å². The molecule has 25 heavy (non-hydrogen) atoms. The number of nitrogens with one attached hydrogen (secondary N) is 2. The molecule has 1 atom stereocenters. The summed E-state index contributed by atoms with van der Waals surface area (Å²) in [4.78, 5) is 14.9. The number of methoxy groups -OCH3 is 2.